The average molecular weight is 359 g/mol. The molecule has 0 aliphatic heterocycles. The predicted octanol–water partition coefficient (Wildman–Crippen LogP) is 3.32. The van der Waals surface area contributed by atoms with E-state index in [1.807, 2.05) is 6.92 Å². The molecule has 1 aromatic carbocycles. The molecule has 130 valence electrons. The number of aromatic nitrogens is 2. The number of halogens is 1. The molecule has 0 radical (unpaired) electrons. The van der Waals surface area contributed by atoms with E-state index in [1.54, 1.807) is 26.1 Å². The molecule has 1 atom stereocenters. The molecule has 2 aromatic heterocycles. The lowest BCUT2D eigenvalue weighted by molar-refractivity contribution is 0.0939. The van der Waals surface area contributed by atoms with Gasteiger partial charge in [-0.15, -0.1) is 11.3 Å². The van der Waals surface area contributed by atoms with Gasteiger partial charge in [0.1, 0.15) is 10.6 Å². The minimum atomic E-state index is -0.313. The van der Waals surface area contributed by atoms with Gasteiger partial charge in [-0.1, -0.05) is 19.1 Å². The summed E-state index contributed by atoms with van der Waals surface area (Å²) in [5.41, 5.74) is 1.31. The summed E-state index contributed by atoms with van der Waals surface area (Å²) < 4.78 is 14.5. The molecule has 0 aliphatic carbocycles. The Labute approximate surface area is 148 Å². The van der Waals surface area contributed by atoms with Gasteiger partial charge in [0.15, 0.2) is 0 Å². The third kappa shape index (κ3) is 3.19. The smallest absolute Gasteiger partial charge is 0.262 e. The van der Waals surface area contributed by atoms with Crippen molar-refractivity contribution in [3.8, 4) is 0 Å². The summed E-state index contributed by atoms with van der Waals surface area (Å²) in [6, 6.07) is 5.86. The lowest BCUT2D eigenvalue weighted by atomic mass is 10.0. The van der Waals surface area contributed by atoms with Crippen LogP contribution in [0, 0.1) is 12.7 Å². The highest BCUT2D eigenvalue weighted by Gasteiger charge is 2.21. The first-order valence-corrected chi connectivity index (χ1v) is 8.75. The molecule has 0 fully saturated rings. The minimum absolute atomic E-state index is 0.164. The van der Waals surface area contributed by atoms with Crippen molar-refractivity contribution >= 4 is 27.5 Å². The first-order valence-electron chi connectivity index (χ1n) is 7.93. The van der Waals surface area contributed by atoms with Gasteiger partial charge in [-0.05, 0) is 36.6 Å². The first kappa shape index (κ1) is 17.3. The van der Waals surface area contributed by atoms with Crippen LogP contribution in [0.4, 0.5) is 4.39 Å². The van der Waals surface area contributed by atoms with Crippen LogP contribution in [-0.4, -0.2) is 15.5 Å². The average Bonchev–Trinajstić information content (AvgIpc) is 2.94. The molecule has 0 saturated heterocycles. The van der Waals surface area contributed by atoms with Gasteiger partial charge in [-0.25, -0.2) is 9.37 Å². The summed E-state index contributed by atoms with van der Waals surface area (Å²) in [7, 11) is 1.63. The van der Waals surface area contributed by atoms with Gasteiger partial charge >= 0.3 is 0 Å². The number of aryl methyl sites for hydroxylation is 2. The molecule has 0 saturated carbocycles. The van der Waals surface area contributed by atoms with Crippen LogP contribution in [0.5, 0.6) is 0 Å². The zero-order valence-corrected chi connectivity index (χ0v) is 15.0. The number of carbonyl (C=O) groups excluding carboxylic acids is 1. The Hall–Kier alpha value is -2.54. The van der Waals surface area contributed by atoms with Crippen molar-refractivity contribution in [3.63, 3.8) is 0 Å². The van der Waals surface area contributed by atoms with E-state index < -0.39 is 0 Å². The van der Waals surface area contributed by atoms with Crippen LogP contribution in [0.25, 0.3) is 10.2 Å². The molecule has 1 N–H and O–H groups in total. The van der Waals surface area contributed by atoms with E-state index in [1.165, 1.54) is 34.4 Å². The topological polar surface area (TPSA) is 64.0 Å². The van der Waals surface area contributed by atoms with Crippen molar-refractivity contribution in [2.75, 3.05) is 0 Å². The molecular formula is C18H18FN3O2S. The predicted molar refractivity (Wildman–Crippen MR) is 96.5 cm³/mol. The van der Waals surface area contributed by atoms with E-state index in [0.29, 0.717) is 27.1 Å². The van der Waals surface area contributed by atoms with Crippen molar-refractivity contribution in [3.05, 3.63) is 62.8 Å². The maximum absolute atomic E-state index is 13.1. The molecule has 5 nitrogen and oxygen atoms in total. The Bertz CT molecular complexity index is 992. The molecule has 0 bridgehead atoms. The minimum Gasteiger partial charge on any atom is -0.345 e. The molecule has 0 aliphatic rings. The van der Waals surface area contributed by atoms with Gasteiger partial charge in [0.05, 0.1) is 22.6 Å². The SMILES string of the molecule is CC[C@@H](NC(=O)c1sc2ncn(C)c(=O)c2c1C)c1ccc(F)cc1. The van der Waals surface area contributed by atoms with Crippen molar-refractivity contribution in [2.24, 2.45) is 7.05 Å². The van der Waals surface area contributed by atoms with Gasteiger partial charge in [-0.3, -0.25) is 9.59 Å². The second-order valence-electron chi connectivity index (χ2n) is 5.88. The Kier molecular flexibility index (Phi) is 4.67. The molecule has 0 spiro atoms. The zero-order chi connectivity index (χ0) is 18.1. The number of rotatable bonds is 4. The number of nitrogens with one attached hydrogen (secondary N) is 1. The van der Waals surface area contributed by atoms with E-state index in [-0.39, 0.29) is 23.3 Å². The molecule has 25 heavy (non-hydrogen) atoms. The number of fused-ring (bicyclic) bond motifs is 1. The molecule has 2 heterocycles. The quantitative estimate of drug-likeness (QED) is 0.777. The Morgan fingerprint density at radius 2 is 2.04 bits per heavy atom. The fourth-order valence-corrected chi connectivity index (χ4v) is 3.81. The first-order chi connectivity index (χ1) is 11.9. The molecule has 3 rings (SSSR count). The molecule has 7 heteroatoms. The third-order valence-corrected chi connectivity index (χ3v) is 5.40. The zero-order valence-electron chi connectivity index (χ0n) is 14.2. The van der Waals surface area contributed by atoms with Crippen molar-refractivity contribution in [1.82, 2.24) is 14.9 Å². The highest BCUT2D eigenvalue weighted by atomic mass is 32.1. The summed E-state index contributed by atoms with van der Waals surface area (Å²) in [4.78, 5) is 30.3. The van der Waals surface area contributed by atoms with Crippen molar-refractivity contribution < 1.29 is 9.18 Å². The second kappa shape index (κ2) is 6.76. The summed E-state index contributed by atoms with van der Waals surface area (Å²) in [6.07, 6.45) is 2.12. The summed E-state index contributed by atoms with van der Waals surface area (Å²) in [5.74, 6) is -0.564. The number of nitrogens with zero attached hydrogens (tertiary/aromatic N) is 2. The van der Waals surface area contributed by atoms with E-state index >= 15 is 0 Å². The number of hydrogen-bond donors (Lipinski definition) is 1. The van der Waals surface area contributed by atoms with Crippen LogP contribution < -0.4 is 10.9 Å². The van der Waals surface area contributed by atoms with Gasteiger partial charge < -0.3 is 9.88 Å². The fourth-order valence-electron chi connectivity index (χ4n) is 2.77. The highest BCUT2D eigenvalue weighted by Crippen LogP contribution is 2.27. The van der Waals surface area contributed by atoms with Crippen LogP contribution in [0.2, 0.25) is 0 Å². The van der Waals surface area contributed by atoms with E-state index in [2.05, 4.69) is 10.3 Å². The third-order valence-electron chi connectivity index (χ3n) is 4.20. The van der Waals surface area contributed by atoms with E-state index in [4.69, 9.17) is 0 Å². The number of benzene rings is 1. The van der Waals surface area contributed by atoms with Crippen molar-refractivity contribution in [2.45, 2.75) is 26.3 Å². The maximum atomic E-state index is 13.1. The van der Waals surface area contributed by atoms with Gasteiger partial charge in [0.2, 0.25) is 0 Å². The van der Waals surface area contributed by atoms with Crippen LogP contribution in [0.15, 0.2) is 35.4 Å². The summed E-state index contributed by atoms with van der Waals surface area (Å²) in [5, 5.41) is 3.45. The maximum Gasteiger partial charge on any atom is 0.262 e. The standard InChI is InChI=1S/C18H18FN3O2S/c1-4-13(11-5-7-12(19)8-6-11)21-16(23)15-10(2)14-17(25-15)20-9-22(3)18(14)24/h5-9,13H,4H2,1-3H3,(H,21,23)/t13-/m1/s1. The molecule has 3 aromatic rings. The Morgan fingerprint density at radius 3 is 2.68 bits per heavy atom. The summed E-state index contributed by atoms with van der Waals surface area (Å²) in [6.45, 7) is 3.71. The van der Waals surface area contributed by atoms with Crippen LogP contribution in [0.3, 0.4) is 0 Å². The largest absolute Gasteiger partial charge is 0.345 e. The van der Waals surface area contributed by atoms with Gasteiger partial charge in [0, 0.05) is 7.05 Å². The lowest BCUT2D eigenvalue weighted by Gasteiger charge is -2.17. The van der Waals surface area contributed by atoms with E-state index in [9.17, 15) is 14.0 Å². The van der Waals surface area contributed by atoms with Crippen LogP contribution in [-0.2, 0) is 7.05 Å². The lowest BCUT2D eigenvalue weighted by Crippen LogP contribution is -2.28. The Balaban J connectivity index is 1.94. The Morgan fingerprint density at radius 1 is 1.36 bits per heavy atom. The molecular weight excluding hydrogens is 341 g/mol. The number of amides is 1. The van der Waals surface area contributed by atoms with Crippen LogP contribution >= 0.6 is 11.3 Å². The summed E-state index contributed by atoms with van der Waals surface area (Å²) >= 11 is 1.21. The normalized spacial score (nSPS) is 12.3. The molecule has 0 unspecified atom stereocenters. The monoisotopic (exact) mass is 359 g/mol. The van der Waals surface area contributed by atoms with E-state index in [0.717, 1.165) is 5.56 Å². The molecule has 1 amide bonds. The highest BCUT2D eigenvalue weighted by molar-refractivity contribution is 7.20. The second-order valence-corrected chi connectivity index (χ2v) is 6.88. The van der Waals surface area contributed by atoms with Crippen molar-refractivity contribution in [1.29, 1.82) is 0 Å². The number of hydrogen-bond acceptors (Lipinski definition) is 4. The number of thiophene rings is 1. The van der Waals surface area contributed by atoms with Gasteiger partial charge in [0.25, 0.3) is 11.5 Å². The van der Waals surface area contributed by atoms with Crippen LogP contribution in [0.1, 0.15) is 40.2 Å². The fraction of sp³-hybridized carbons (Fsp3) is 0.278. The number of carbonyl (C=O) groups is 1. The van der Waals surface area contributed by atoms with Gasteiger partial charge in [-0.2, -0.15) is 0 Å².